The van der Waals surface area contributed by atoms with Gasteiger partial charge in [-0.3, -0.25) is 9.69 Å². The summed E-state index contributed by atoms with van der Waals surface area (Å²) in [5.41, 5.74) is 5.86. The predicted molar refractivity (Wildman–Crippen MR) is 152 cm³/mol. The maximum Gasteiger partial charge on any atom is 0.252 e. The summed E-state index contributed by atoms with van der Waals surface area (Å²) in [5.74, 6) is 2.23. The number of rotatable bonds is 9. The Morgan fingerprint density at radius 3 is 2.62 bits per heavy atom. The molecule has 0 radical (unpaired) electrons. The van der Waals surface area contributed by atoms with Gasteiger partial charge < -0.3 is 14.5 Å². The summed E-state index contributed by atoms with van der Waals surface area (Å²) in [6.07, 6.45) is 0.753. The molecule has 2 aromatic heterocycles. The van der Waals surface area contributed by atoms with E-state index in [9.17, 15) is 4.79 Å². The number of fused-ring (bicyclic) bond motifs is 2. The fourth-order valence-corrected chi connectivity index (χ4v) is 5.54. The molecule has 1 aliphatic heterocycles. The van der Waals surface area contributed by atoms with Crippen LogP contribution >= 0.6 is 0 Å². The molecule has 40 heavy (non-hydrogen) atoms. The molecule has 1 N–H and O–H groups in total. The van der Waals surface area contributed by atoms with Crippen LogP contribution in [0.1, 0.15) is 53.0 Å². The second-order valence-corrected chi connectivity index (χ2v) is 10.4. The maximum atomic E-state index is 13.4. The minimum Gasteiger partial charge on any atom is -0.454 e. The van der Waals surface area contributed by atoms with E-state index in [0.29, 0.717) is 25.2 Å². The zero-order valence-electron chi connectivity index (χ0n) is 22.9. The number of aromatic amines is 1. The van der Waals surface area contributed by atoms with Gasteiger partial charge in [-0.15, -0.1) is 5.10 Å². The highest BCUT2D eigenvalue weighted by Gasteiger charge is 2.27. The predicted octanol–water partition coefficient (Wildman–Crippen LogP) is 5.06. The van der Waals surface area contributed by atoms with Crippen molar-refractivity contribution >= 4 is 10.9 Å². The lowest BCUT2D eigenvalue weighted by Crippen LogP contribution is -2.32. The van der Waals surface area contributed by atoms with Gasteiger partial charge in [0.05, 0.1) is 18.1 Å². The monoisotopic (exact) mass is 536 g/mol. The summed E-state index contributed by atoms with van der Waals surface area (Å²) in [6.45, 7) is 7.99. The standard InChI is InChI=1S/C31H32N6O3/c1-4-26(30-33-34-35-37(30)17-22-8-6-5-7-9-22)36(16-23-10-11-27-28(14-23)40-19-39-27)18-25-15-24-13-20(2)12-21(3)29(24)32-31(25)38/h5-15,26H,4,16-19H2,1-3H3,(H,32,38). The number of benzene rings is 3. The van der Waals surface area contributed by atoms with E-state index >= 15 is 0 Å². The van der Waals surface area contributed by atoms with Gasteiger partial charge in [0.15, 0.2) is 17.3 Å². The van der Waals surface area contributed by atoms with Crippen molar-refractivity contribution in [2.24, 2.45) is 0 Å². The van der Waals surface area contributed by atoms with Crippen molar-refractivity contribution in [3.05, 3.63) is 111 Å². The molecule has 3 heterocycles. The summed E-state index contributed by atoms with van der Waals surface area (Å²) in [6, 6.07) is 22.2. The van der Waals surface area contributed by atoms with Crippen LogP contribution in [0.4, 0.5) is 0 Å². The van der Waals surface area contributed by atoms with Crippen LogP contribution in [-0.2, 0) is 19.6 Å². The number of aromatic nitrogens is 5. The molecule has 0 saturated carbocycles. The fraction of sp³-hybridized carbons (Fsp3) is 0.290. The van der Waals surface area contributed by atoms with Crippen molar-refractivity contribution in [1.82, 2.24) is 30.1 Å². The lowest BCUT2D eigenvalue weighted by Gasteiger charge is -2.30. The molecular weight excluding hydrogens is 504 g/mol. The highest BCUT2D eigenvalue weighted by atomic mass is 16.7. The number of hydrogen-bond donors (Lipinski definition) is 1. The Hall–Kier alpha value is -4.50. The number of H-pyrrole nitrogens is 1. The first-order chi connectivity index (χ1) is 19.5. The van der Waals surface area contributed by atoms with Gasteiger partial charge in [-0.05, 0) is 77.0 Å². The molecule has 9 nitrogen and oxygen atoms in total. The zero-order valence-corrected chi connectivity index (χ0v) is 22.9. The molecule has 0 amide bonds. The van der Waals surface area contributed by atoms with E-state index in [2.05, 4.69) is 63.5 Å². The Balaban J connectivity index is 1.39. The average Bonchev–Trinajstić information content (AvgIpc) is 3.60. The summed E-state index contributed by atoms with van der Waals surface area (Å²) >= 11 is 0. The molecule has 6 rings (SSSR count). The van der Waals surface area contributed by atoms with E-state index in [1.165, 1.54) is 0 Å². The first kappa shape index (κ1) is 25.8. The van der Waals surface area contributed by atoms with Crippen LogP contribution in [0.3, 0.4) is 0 Å². The molecule has 204 valence electrons. The Bertz CT molecular complexity index is 1710. The summed E-state index contributed by atoms with van der Waals surface area (Å²) in [4.78, 5) is 18.7. The average molecular weight is 537 g/mol. The SMILES string of the molecule is CCC(c1nnnn1Cc1ccccc1)N(Cc1ccc2c(c1)OCO2)Cc1cc2cc(C)cc(C)c2[nH]c1=O. The largest absolute Gasteiger partial charge is 0.454 e. The van der Waals surface area contributed by atoms with Gasteiger partial charge >= 0.3 is 0 Å². The van der Waals surface area contributed by atoms with Gasteiger partial charge in [0.2, 0.25) is 6.79 Å². The van der Waals surface area contributed by atoms with E-state index in [1.54, 1.807) is 0 Å². The van der Waals surface area contributed by atoms with Crippen LogP contribution in [0.15, 0.2) is 71.5 Å². The number of hydrogen-bond acceptors (Lipinski definition) is 7. The molecule has 0 bridgehead atoms. The molecule has 3 aromatic carbocycles. The number of nitrogens with zero attached hydrogens (tertiary/aromatic N) is 5. The molecule has 0 saturated heterocycles. The Labute approximate surface area is 232 Å². The third-order valence-corrected chi connectivity index (χ3v) is 7.43. The van der Waals surface area contributed by atoms with Crippen molar-refractivity contribution in [3.8, 4) is 11.5 Å². The fourth-order valence-electron chi connectivity index (χ4n) is 5.54. The lowest BCUT2D eigenvalue weighted by atomic mass is 10.0. The van der Waals surface area contributed by atoms with Crippen molar-refractivity contribution < 1.29 is 9.47 Å². The lowest BCUT2D eigenvalue weighted by molar-refractivity contribution is 0.161. The number of nitrogens with one attached hydrogen (secondary N) is 1. The van der Waals surface area contributed by atoms with Crippen molar-refractivity contribution in [2.75, 3.05) is 6.79 Å². The third kappa shape index (κ3) is 5.20. The molecule has 1 unspecified atom stereocenters. The number of aryl methyl sites for hydroxylation is 2. The quantitative estimate of drug-likeness (QED) is 0.281. The molecular formula is C31H32N6O3. The number of tetrazole rings is 1. The second-order valence-electron chi connectivity index (χ2n) is 10.4. The smallest absolute Gasteiger partial charge is 0.252 e. The molecule has 0 fully saturated rings. The number of ether oxygens (including phenoxy) is 2. The Kier molecular flexibility index (Phi) is 7.04. The molecule has 1 aliphatic rings. The maximum absolute atomic E-state index is 13.4. The van der Waals surface area contributed by atoms with E-state index < -0.39 is 0 Å². The molecule has 0 aliphatic carbocycles. The molecule has 1 atom stereocenters. The van der Waals surface area contributed by atoms with E-state index in [4.69, 9.17) is 9.47 Å². The highest BCUT2D eigenvalue weighted by Crippen LogP contribution is 2.34. The van der Waals surface area contributed by atoms with Crippen LogP contribution in [0.25, 0.3) is 10.9 Å². The van der Waals surface area contributed by atoms with Crippen LogP contribution in [0.2, 0.25) is 0 Å². The highest BCUT2D eigenvalue weighted by molar-refractivity contribution is 5.82. The molecule has 9 heteroatoms. The van der Waals surface area contributed by atoms with Crippen LogP contribution in [0, 0.1) is 13.8 Å². The normalized spacial score (nSPS) is 13.3. The Morgan fingerprint density at radius 2 is 1.80 bits per heavy atom. The molecule has 0 spiro atoms. The van der Waals surface area contributed by atoms with Crippen LogP contribution in [0.5, 0.6) is 11.5 Å². The zero-order chi connectivity index (χ0) is 27.6. The van der Waals surface area contributed by atoms with Gasteiger partial charge in [0, 0.05) is 18.7 Å². The third-order valence-electron chi connectivity index (χ3n) is 7.43. The van der Waals surface area contributed by atoms with Gasteiger partial charge in [0.25, 0.3) is 5.56 Å². The first-order valence-corrected chi connectivity index (χ1v) is 13.5. The van der Waals surface area contributed by atoms with Gasteiger partial charge in [-0.25, -0.2) is 4.68 Å². The Morgan fingerprint density at radius 1 is 0.975 bits per heavy atom. The van der Waals surface area contributed by atoms with E-state index in [0.717, 1.165) is 56.9 Å². The summed E-state index contributed by atoms with van der Waals surface area (Å²) in [7, 11) is 0. The summed E-state index contributed by atoms with van der Waals surface area (Å²) in [5, 5.41) is 13.9. The molecule has 5 aromatic rings. The van der Waals surface area contributed by atoms with Crippen LogP contribution < -0.4 is 15.0 Å². The minimum absolute atomic E-state index is 0.0890. The topological polar surface area (TPSA) is 98.2 Å². The van der Waals surface area contributed by atoms with Gasteiger partial charge in [0.1, 0.15) is 0 Å². The second kappa shape index (κ2) is 10.9. The van der Waals surface area contributed by atoms with Gasteiger partial charge in [-0.1, -0.05) is 55.0 Å². The van der Waals surface area contributed by atoms with Crippen LogP contribution in [-0.4, -0.2) is 36.9 Å². The van der Waals surface area contributed by atoms with Crippen molar-refractivity contribution in [1.29, 1.82) is 0 Å². The van der Waals surface area contributed by atoms with E-state index in [1.807, 2.05) is 54.1 Å². The summed E-state index contributed by atoms with van der Waals surface area (Å²) < 4.78 is 13.0. The van der Waals surface area contributed by atoms with Gasteiger partial charge in [-0.2, -0.15) is 0 Å². The van der Waals surface area contributed by atoms with Crippen molar-refractivity contribution in [2.45, 2.75) is 52.9 Å². The minimum atomic E-state index is -0.140. The van der Waals surface area contributed by atoms with E-state index in [-0.39, 0.29) is 18.4 Å². The first-order valence-electron chi connectivity index (χ1n) is 13.5. The number of pyridine rings is 1. The van der Waals surface area contributed by atoms with Crippen molar-refractivity contribution in [3.63, 3.8) is 0 Å².